The van der Waals surface area contributed by atoms with Crippen molar-refractivity contribution in [1.29, 1.82) is 0 Å². The van der Waals surface area contributed by atoms with Gasteiger partial charge in [-0.3, -0.25) is 9.10 Å². The van der Waals surface area contributed by atoms with E-state index in [9.17, 15) is 17.6 Å². The summed E-state index contributed by atoms with van der Waals surface area (Å²) in [6.45, 7) is 1.87. The van der Waals surface area contributed by atoms with E-state index in [0.717, 1.165) is 16.1 Å². The molecule has 3 aromatic rings. The van der Waals surface area contributed by atoms with Crippen molar-refractivity contribution in [1.82, 2.24) is 0 Å². The van der Waals surface area contributed by atoms with Crippen molar-refractivity contribution in [2.75, 3.05) is 23.0 Å². The fourth-order valence-electron chi connectivity index (χ4n) is 3.05. The maximum Gasteiger partial charge on any atom is 0.255 e. The number of methoxy groups -OCH3 is 1. The van der Waals surface area contributed by atoms with Crippen molar-refractivity contribution in [2.24, 2.45) is 0 Å². The second-order valence-corrected chi connectivity index (χ2v) is 9.00. The van der Waals surface area contributed by atoms with E-state index in [0.29, 0.717) is 28.3 Å². The molecular formula is C23H23FN2O4S. The molecule has 0 aliphatic carbocycles. The van der Waals surface area contributed by atoms with Gasteiger partial charge in [-0.15, -0.1) is 0 Å². The topological polar surface area (TPSA) is 75.7 Å². The number of aryl methyl sites for hydroxylation is 1. The first-order valence-electron chi connectivity index (χ1n) is 9.45. The van der Waals surface area contributed by atoms with Crippen molar-refractivity contribution >= 4 is 27.3 Å². The average molecular weight is 443 g/mol. The number of carbonyl (C=O) groups is 1. The molecule has 0 fully saturated rings. The maximum absolute atomic E-state index is 13.3. The van der Waals surface area contributed by atoms with E-state index in [4.69, 9.17) is 4.74 Å². The summed E-state index contributed by atoms with van der Waals surface area (Å²) in [6, 6.07) is 17.3. The van der Waals surface area contributed by atoms with Gasteiger partial charge >= 0.3 is 0 Å². The normalized spacial score (nSPS) is 11.1. The molecule has 0 aromatic heterocycles. The first kappa shape index (κ1) is 22.3. The van der Waals surface area contributed by atoms with Crippen molar-refractivity contribution in [3.8, 4) is 5.75 Å². The van der Waals surface area contributed by atoms with Crippen LogP contribution >= 0.6 is 0 Å². The van der Waals surface area contributed by atoms with E-state index in [1.807, 2.05) is 19.1 Å². The second-order valence-electron chi connectivity index (χ2n) is 7.09. The molecule has 0 saturated heterocycles. The SMILES string of the molecule is COc1ccc(C(=O)Nc2ccc(C)cc2)cc1CN(c1ccc(F)cc1)S(C)(=O)=O. The number of benzene rings is 3. The largest absolute Gasteiger partial charge is 0.496 e. The van der Waals surface area contributed by atoms with Crippen LogP contribution in [0.2, 0.25) is 0 Å². The van der Waals surface area contributed by atoms with Gasteiger partial charge in [0.2, 0.25) is 10.0 Å². The first-order chi connectivity index (χ1) is 14.7. The molecule has 6 nitrogen and oxygen atoms in total. The molecule has 1 amide bonds. The molecule has 31 heavy (non-hydrogen) atoms. The molecule has 0 bridgehead atoms. The predicted octanol–water partition coefficient (Wildman–Crippen LogP) is 4.36. The minimum atomic E-state index is -3.68. The molecule has 0 heterocycles. The van der Waals surface area contributed by atoms with Crippen LogP contribution in [-0.4, -0.2) is 27.7 Å². The Labute approximate surface area is 181 Å². The van der Waals surface area contributed by atoms with Gasteiger partial charge in [-0.25, -0.2) is 12.8 Å². The molecule has 0 spiro atoms. The summed E-state index contributed by atoms with van der Waals surface area (Å²) in [6.07, 6.45) is 1.07. The minimum absolute atomic E-state index is 0.0840. The summed E-state index contributed by atoms with van der Waals surface area (Å²) in [4.78, 5) is 12.7. The van der Waals surface area contributed by atoms with Crippen molar-refractivity contribution in [2.45, 2.75) is 13.5 Å². The lowest BCUT2D eigenvalue weighted by Crippen LogP contribution is -2.29. The minimum Gasteiger partial charge on any atom is -0.496 e. The van der Waals surface area contributed by atoms with Gasteiger partial charge in [0.05, 0.1) is 25.6 Å². The third kappa shape index (κ3) is 5.61. The fourth-order valence-corrected chi connectivity index (χ4v) is 3.92. The molecule has 3 rings (SSSR count). The Balaban J connectivity index is 1.92. The Bertz CT molecular complexity index is 1180. The molecule has 0 saturated carbocycles. The van der Waals surface area contributed by atoms with E-state index in [1.165, 1.54) is 31.4 Å². The number of anilines is 2. The average Bonchev–Trinajstić information content (AvgIpc) is 2.73. The van der Waals surface area contributed by atoms with E-state index in [1.54, 1.807) is 30.3 Å². The lowest BCUT2D eigenvalue weighted by molar-refractivity contribution is 0.102. The summed E-state index contributed by atoms with van der Waals surface area (Å²) >= 11 is 0. The van der Waals surface area contributed by atoms with Gasteiger partial charge < -0.3 is 10.1 Å². The van der Waals surface area contributed by atoms with Crippen LogP contribution in [0, 0.1) is 12.7 Å². The Morgan fingerprint density at radius 1 is 1.03 bits per heavy atom. The van der Waals surface area contributed by atoms with Gasteiger partial charge in [0.15, 0.2) is 0 Å². The number of carbonyl (C=O) groups excluding carboxylic acids is 1. The first-order valence-corrected chi connectivity index (χ1v) is 11.3. The molecule has 1 N–H and O–H groups in total. The number of rotatable bonds is 7. The zero-order valence-corrected chi connectivity index (χ0v) is 18.2. The molecule has 162 valence electrons. The Morgan fingerprint density at radius 2 is 1.68 bits per heavy atom. The van der Waals surface area contributed by atoms with Crippen molar-refractivity contribution in [3.05, 3.63) is 89.2 Å². The van der Waals surface area contributed by atoms with Crippen LogP contribution in [0.3, 0.4) is 0 Å². The number of nitrogens with one attached hydrogen (secondary N) is 1. The van der Waals surface area contributed by atoms with E-state index < -0.39 is 15.8 Å². The maximum atomic E-state index is 13.3. The summed E-state index contributed by atoms with van der Waals surface area (Å²) in [7, 11) is -2.22. The van der Waals surface area contributed by atoms with Crippen LogP contribution < -0.4 is 14.4 Å². The highest BCUT2D eigenvalue weighted by atomic mass is 32.2. The fraction of sp³-hybridized carbons (Fsp3) is 0.174. The lowest BCUT2D eigenvalue weighted by atomic mass is 10.1. The van der Waals surface area contributed by atoms with Gasteiger partial charge in [0.1, 0.15) is 11.6 Å². The van der Waals surface area contributed by atoms with Crippen LogP contribution in [-0.2, 0) is 16.6 Å². The zero-order valence-electron chi connectivity index (χ0n) is 17.4. The highest BCUT2D eigenvalue weighted by Crippen LogP contribution is 2.27. The molecule has 8 heteroatoms. The number of halogens is 1. The van der Waals surface area contributed by atoms with Crippen LogP contribution in [0.15, 0.2) is 66.7 Å². The zero-order chi connectivity index (χ0) is 22.6. The van der Waals surface area contributed by atoms with Gasteiger partial charge in [0, 0.05) is 16.8 Å². The number of amides is 1. The highest BCUT2D eigenvalue weighted by Gasteiger charge is 2.21. The molecule has 3 aromatic carbocycles. The smallest absolute Gasteiger partial charge is 0.255 e. The molecule has 0 unspecified atom stereocenters. The Morgan fingerprint density at radius 3 is 2.26 bits per heavy atom. The van der Waals surface area contributed by atoms with Crippen LogP contribution in [0.4, 0.5) is 15.8 Å². The molecule has 0 atom stereocenters. The van der Waals surface area contributed by atoms with Gasteiger partial charge in [-0.1, -0.05) is 17.7 Å². The summed E-state index contributed by atoms with van der Waals surface area (Å²) in [5, 5.41) is 2.82. The third-order valence-electron chi connectivity index (χ3n) is 4.68. The molecule has 0 aliphatic heterocycles. The van der Waals surface area contributed by atoms with Gasteiger partial charge in [-0.05, 0) is 61.5 Å². The number of nitrogens with zero attached hydrogens (tertiary/aromatic N) is 1. The van der Waals surface area contributed by atoms with Gasteiger partial charge in [0.25, 0.3) is 5.91 Å². The Kier molecular flexibility index (Phi) is 6.60. The standard InChI is InChI=1S/C23H23FN2O4S/c1-16-4-9-20(10-5-16)25-23(27)17-6-13-22(30-2)18(14-17)15-26(31(3,28)29)21-11-7-19(24)8-12-21/h4-14H,15H2,1-3H3,(H,25,27). The number of hydrogen-bond donors (Lipinski definition) is 1. The summed E-state index contributed by atoms with van der Waals surface area (Å²) in [5.74, 6) is -0.368. The summed E-state index contributed by atoms with van der Waals surface area (Å²) in [5.41, 5.74) is 2.88. The number of ether oxygens (including phenoxy) is 1. The van der Waals surface area contributed by atoms with Crippen LogP contribution in [0.1, 0.15) is 21.5 Å². The van der Waals surface area contributed by atoms with Gasteiger partial charge in [-0.2, -0.15) is 0 Å². The van der Waals surface area contributed by atoms with E-state index in [2.05, 4.69) is 5.32 Å². The summed E-state index contributed by atoms with van der Waals surface area (Å²) < 4.78 is 44.6. The Hall–Kier alpha value is -3.39. The van der Waals surface area contributed by atoms with E-state index in [-0.39, 0.29) is 12.5 Å². The van der Waals surface area contributed by atoms with E-state index >= 15 is 0 Å². The molecular weight excluding hydrogens is 419 g/mol. The number of sulfonamides is 1. The molecule has 0 aliphatic rings. The number of hydrogen-bond acceptors (Lipinski definition) is 4. The molecule has 0 radical (unpaired) electrons. The second kappa shape index (κ2) is 9.18. The lowest BCUT2D eigenvalue weighted by Gasteiger charge is -2.24. The van der Waals surface area contributed by atoms with Crippen molar-refractivity contribution < 1.29 is 22.3 Å². The third-order valence-corrected chi connectivity index (χ3v) is 5.82. The predicted molar refractivity (Wildman–Crippen MR) is 120 cm³/mol. The van der Waals surface area contributed by atoms with Crippen LogP contribution in [0.5, 0.6) is 5.75 Å². The van der Waals surface area contributed by atoms with Crippen LogP contribution in [0.25, 0.3) is 0 Å². The quantitative estimate of drug-likeness (QED) is 0.590. The monoisotopic (exact) mass is 442 g/mol. The highest BCUT2D eigenvalue weighted by molar-refractivity contribution is 7.92. The van der Waals surface area contributed by atoms with Crippen molar-refractivity contribution in [3.63, 3.8) is 0 Å².